The first-order valence-corrected chi connectivity index (χ1v) is 8.28. The van der Waals surface area contributed by atoms with Gasteiger partial charge in [0.2, 0.25) is 0 Å². The number of hydrogen-bond acceptors (Lipinski definition) is 3. The Balaban J connectivity index is 1.78. The Hall–Kier alpha value is -0.900. The zero-order chi connectivity index (χ0) is 14.8. The molecule has 21 heavy (non-hydrogen) atoms. The van der Waals surface area contributed by atoms with Gasteiger partial charge in [-0.2, -0.15) is 0 Å². The molecule has 0 bridgehead atoms. The molecule has 3 nitrogen and oxygen atoms in total. The van der Waals surface area contributed by atoms with Gasteiger partial charge in [0.25, 0.3) is 0 Å². The summed E-state index contributed by atoms with van der Waals surface area (Å²) in [5.41, 5.74) is 2.99. The topological polar surface area (TPSA) is 24.5 Å². The fourth-order valence-electron chi connectivity index (χ4n) is 4.10. The van der Waals surface area contributed by atoms with E-state index in [2.05, 4.69) is 55.5 Å². The van der Waals surface area contributed by atoms with Crippen molar-refractivity contribution in [2.45, 2.75) is 50.3 Å². The van der Waals surface area contributed by atoms with Gasteiger partial charge in [-0.15, -0.1) is 0 Å². The van der Waals surface area contributed by atoms with Gasteiger partial charge >= 0.3 is 0 Å². The molecule has 1 aromatic carbocycles. The lowest BCUT2D eigenvalue weighted by Crippen LogP contribution is -2.47. The van der Waals surface area contributed by atoms with Crippen LogP contribution >= 0.6 is 0 Å². The molecule has 0 aromatic heterocycles. The Morgan fingerprint density at radius 2 is 2.05 bits per heavy atom. The summed E-state index contributed by atoms with van der Waals surface area (Å²) in [6.07, 6.45) is 4.08. The fourth-order valence-corrected chi connectivity index (χ4v) is 4.10. The van der Waals surface area contributed by atoms with Crippen molar-refractivity contribution in [2.24, 2.45) is 0 Å². The van der Waals surface area contributed by atoms with Crippen molar-refractivity contribution < 1.29 is 4.74 Å². The quantitative estimate of drug-likeness (QED) is 0.922. The summed E-state index contributed by atoms with van der Waals surface area (Å²) >= 11 is 0. The Morgan fingerprint density at radius 1 is 1.29 bits per heavy atom. The molecule has 0 amide bonds. The zero-order valence-electron chi connectivity index (χ0n) is 13.5. The van der Waals surface area contributed by atoms with Crippen molar-refractivity contribution in [1.82, 2.24) is 10.2 Å². The molecule has 1 heterocycles. The van der Waals surface area contributed by atoms with E-state index in [-0.39, 0.29) is 0 Å². The molecule has 3 rings (SSSR count). The molecule has 1 N–H and O–H groups in total. The van der Waals surface area contributed by atoms with Gasteiger partial charge in [-0.05, 0) is 50.4 Å². The fraction of sp³-hybridized carbons (Fsp3) is 0.667. The summed E-state index contributed by atoms with van der Waals surface area (Å²) in [6, 6.07) is 9.88. The van der Waals surface area contributed by atoms with Crippen molar-refractivity contribution >= 4 is 0 Å². The van der Waals surface area contributed by atoms with E-state index in [9.17, 15) is 0 Å². The highest BCUT2D eigenvalue weighted by atomic mass is 16.5. The Kier molecular flexibility index (Phi) is 4.63. The van der Waals surface area contributed by atoms with Crippen molar-refractivity contribution in [3.05, 3.63) is 35.4 Å². The first-order chi connectivity index (χ1) is 10.2. The summed E-state index contributed by atoms with van der Waals surface area (Å²) < 4.78 is 5.82. The van der Waals surface area contributed by atoms with E-state index in [4.69, 9.17) is 4.74 Å². The van der Waals surface area contributed by atoms with Gasteiger partial charge < -0.3 is 10.1 Å². The average molecular weight is 288 g/mol. The van der Waals surface area contributed by atoms with E-state index in [1.807, 2.05) is 0 Å². The van der Waals surface area contributed by atoms with Crippen molar-refractivity contribution in [2.75, 3.05) is 27.2 Å². The van der Waals surface area contributed by atoms with Crippen LogP contribution in [0.4, 0.5) is 0 Å². The van der Waals surface area contributed by atoms with E-state index in [0.717, 1.165) is 13.2 Å². The number of ether oxygens (including phenoxy) is 1. The third-order valence-electron chi connectivity index (χ3n) is 5.23. The van der Waals surface area contributed by atoms with Crippen molar-refractivity contribution in [3.63, 3.8) is 0 Å². The van der Waals surface area contributed by atoms with Gasteiger partial charge in [0, 0.05) is 25.2 Å². The second kappa shape index (κ2) is 6.47. The molecular formula is C18H28N2O. The molecule has 2 aliphatic rings. The first-order valence-electron chi connectivity index (χ1n) is 8.28. The van der Waals surface area contributed by atoms with E-state index in [1.54, 1.807) is 0 Å². The zero-order valence-corrected chi connectivity index (χ0v) is 13.5. The highest BCUT2D eigenvalue weighted by molar-refractivity contribution is 5.36. The van der Waals surface area contributed by atoms with Crippen LogP contribution in [0.15, 0.2) is 24.3 Å². The molecule has 1 aliphatic carbocycles. The second-order valence-corrected chi connectivity index (χ2v) is 6.67. The van der Waals surface area contributed by atoms with Crippen LogP contribution in [0.25, 0.3) is 0 Å². The van der Waals surface area contributed by atoms with Crippen molar-refractivity contribution in [1.29, 1.82) is 0 Å². The number of hydrogen-bond donors (Lipinski definition) is 1. The second-order valence-electron chi connectivity index (χ2n) is 6.67. The van der Waals surface area contributed by atoms with Gasteiger partial charge in [-0.25, -0.2) is 0 Å². The van der Waals surface area contributed by atoms with Gasteiger partial charge in [0.15, 0.2) is 0 Å². The SMILES string of the molecule is CNC1c2ccccc2C(C)CC1N(C)CC1CCCO1. The molecule has 1 aromatic rings. The van der Waals surface area contributed by atoms with Crippen LogP contribution in [0.1, 0.15) is 49.3 Å². The molecule has 0 saturated carbocycles. The number of nitrogens with zero attached hydrogens (tertiary/aromatic N) is 1. The minimum Gasteiger partial charge on any atom is -0.377 e. The molecule has 0 radical (unpaired) electrons. The maximum Gasteiger partial charge on any atom is 0.0702 e. The lowest BCUT2D eigenvalue weighted by Gasteiger charge is -2.42. The molecule has 1 aliphatic heterocycles. The first kappa shape index (κ1) is 15.0. The Bertz CT molecular complexity index is 470. The number of fused-ring (bicyclic) bond motifs is 1. The standard InChI is InChI=1S/C18H28N2O/c1-13-11-17(20(3)12-14-7-6-10-21-14)18(19-2)16-9-5-4-8-15(13)16/h4-5,8-9,13-14,17-19H,6-7,10-12H2,1-3H3. The highest BCUT2D eigenvalue weighted by Gasteiger charge is 2.35. The summed E-state index contributed by atoms with van der Waals surface area (Å²) in [5, 5.41) is 3.55. The summed E-state index contributed by atoms with van der Waals surface area (Å²) in [4.78, 5) is 2.52. The maximum absolute atomic E-state index is 5.82. The van der Waals surface area contributed by atoms with Gasteiger partial charge in [0.05, 0.1) is 6.10 Å². The van der Waals surface area contributed by atoms with Crippen LogP contribution in [0, 0.1) is 0 Å². The predicted molar refractivity (Wildman–Crippen MR) is 86.7 cm³/mol. The molecule has 3 heteroatoms. The summed E-state index contributed by atoms with van der Waals surface area (Å²) in [5.74, 6) is 0.628. The van der Waals surface area contributed by atoms with E-state index in [0.29, 0.717) is 24.1 Å². The lowest BCUT2D eigenvalue weighted by atomic mass is 9.77. The van der Waals surface area contributed by atoms with Crippen LogP contribution in [-0.2, 0) is 4.74 Å². The number of nitrogens with one attached hydrogen (secondary N) is 1. The normalized spacial score (nSPS) is 32.4. The third kappa shape index (κ3) is 3.01. The highest BCUT2D eigenvalue weighted by Crippen LogP contribution is 2.39. The number of likely N-dealkylation sites (N-methyl/N-ethyl adjacent to an activating group) is 2. The average Bonchev–Trinajstić information content (AvgIpc) is 3.00. The van der Waals surface area contributed by atoms with Crippen LogP contribution < -0.4 is 5.32 Å². The minimum atomic E-state index is 0.420. The smallest absolute Gasteiger partial charge is 0.0702 e. The largest absolute Gasteiger partial charge is 0.377 e. The lowest BCUT2D eigenvalue weighted by molar-refractivity contribution is 0.0557. The third-order valence-corrected chi connectivity index (χ3v) is 5.23. The molecule has 0 spiro atoms. The van der Waals surface area contributed by atoms with Crippen LogP contribution in [0.3, 0.4) is 0 Å². The Morgan fingerprint density at radius 3 is 2.71 bits per heavy atom. The van der Waals surface area contributed by atoms with Crippen LogP contribution in [-0.4, -0.2) is 44.3 Å². The molecule has 116 valence electrons. The number of rotatable bonds is 4. The molecule has 4 atom stereocenters. The van der Waals surface area contributed by atoms with Crippen LogP contribution in [0.2, 0.25) is 0 Å². The predicted octanol–water partition coefficient (Wildman–Crippen LogP) is 2.93. The van der Waals surface area contributed by atoms with Crippen LogP contribution in [0.5, 0.6) is 0 Å². The van der Waals surface area contributed by atoms with Gasteiger partial charge in [-0.3, -0.25) is 4.90 Å². The molecule has 1 fully saturated rings. The van der Waals surface area contributed by atoms with E-state index >= 15 is 0 Å². The molecular weight excluding hydrogens is 260 g/mol. The minimum absolute atomic E-state index is 0.420. The maximum atomic E-state index is 5.82. The van der Waals surface area contributed by atoms with Gasteiger partial charge in [-0.1, -0.05) is 31.2 Å². The van der Waals surface area contributed by atoms with E-state index < -0.39 is 0 Å². The molecule has 4 unspecified atom stereocenters. The number of benzene rings is 1. The summed E-state index contributed by atoms with van der Waals surface area (Å²) in [7, 11) is 4.35. The van der Waals surface area contributed by atoms with Crippen molar-refractivity contribution in [3.8, 4) is 0 Å². The Labute approximate surface area is 128 Å². The van der Waals surface area contributed by atoms with Gasteiger partial charge in [0.1, 0.15) is 0 Å². The molecule has 1 saturated heterocycles. The van der Waals surface area contributed by atoms with E-state index in [1.165, 1.54) is 30.4 Å². The summed E-state index contributed by atoms with van der Waals surface area (Å²) in [6.45, 7) is 4.35. The monoisotopic (exact) mass is 288 g/mol.